The van der Waals surface area contributed by atoms with E-state index < -0.39 is 5.92 Å². The zero-order valence-electron chi connectivity index (χ0n) is 9.45. The van der Waals surface area contributed by atoms with Crippen molar-refractivity contribution >= 4 is 44.8 Å². The van der Waals surface area contributed by atoms with E-state index in [1.807, 2.05) is 0 Å². The number of benzene rings is 1. The molecule has 1 aromatic rings. The van der Waals surface area contributed by atoms with Crippen molar-refractivity contribution in [3.8, 4) is 0 Å². The molecule has 1 fully saturated rings. The third kappa shape index (κ3) is 3.28. The van der Waals surface area contributed by atoms with Crippen molar-refractivity contribution < 1.29 is 8.78 Å². The van der Waals surface area contributed by atoms with Gasteiger partial charge in [-0.05, 0) is 40.4 Å². The van der Waals surface area contributed by atoms with Gasteiger partial charge in [0.15, 0.2) is 0 Å². The molecule has 18 heavy (non-hydrogen) atoms. The van der Waals surface area contributed by atoms with Gasteiger partial charge in [0.25, 0.3) is 0 Å². The second kappa shape index (κ2) is 5.51. The summed E-state index contributed by atoms with van der Waals surface area (Å²) in [4.78, 5) is 0. The molecule has 1 saturated carbocycles. The van der Waals surface area contributed by atoms with Crippen LogP contribution in [-0.4, -0.2) is 12.5 Å². The normalized spacial score (nSPS) is 22.2. The van der Waals surface area contributed by atoms with Gasteiger partial charge in [-0.3, -0.25) is 0 Å². The Morgan fingerprint density at radius 3 is 2.67 bits per heavy atom. The molecule has 0 saturated heterocycles. The average Bonchev–Trinajstić information content (AvgIpc) is 2.65. The number of rotatable bonds is 3. The zero-order valence-corrected chi connectivity index (χ0v) is 12.5. The standard InChI is InChI=1S/C12H12BrCl2F2N/c13-8-1-2-9(11(15)10(8)14)18-6-7-3-4-12(16,17)5-7/h1-2,7,18H,3-6H2. The van der Waals surface area contributed by atoms with Crippen LogP contribution in [0.15, 0.2) is 16.6 Å². The molecule has 0 spiro atoms. The molecule has 1 aliphatic carbocycles. The highest BCUT2D eigenvalue weighted by Crippen LogP contribution is 2.40. The van der Waals surface area contributed by atoms with E-state index in [-0.39, 0.29) is 18.8 Å². The number of alkyl halides is 2. The highest BCUT2D eigenvalue weighted by Gasteiger charge is 2.39. The van der Waals surface area contributed by atoms with Gasteiger partial charge >= 0.3 is 0 Å². The van der Waals surface area contributed by atoms with Gasteiger partial charge in [0.2, 0.25) is 5.92 Å². The first-order valence-electron chi connectivity index (χ1n) is 5.64. The first-order chi connectivity index (χ1) is 8.39. The van der Waals surface area contributed by atoms with Gasteiger partial charge in [-0.25, -0.2) is 8.78 Å². The Morgan fingerprint density at radius 1 is 1.33 bits per heavy atom. The van der Waals surface area contributed by atoms with Gasteiger partial charge in [-0.2, -0.15) is 0 Å². The summed E-state index contributed by atoms with van der Waals surface area (Å²) in [6.07, 6.45) is 0.470. The molecule has 0 bridgehead atoms. The van der Waals surface area contributed by atoms with Gasteiger partial charge < -0.3 is 5.32 Å². The minimum absolute atomic E-state index is 0.0153. The van der Waals surface area contributed by atoms with Crippen LogP contribution in [0.4, 0.5) is 14.5 Å². The van der Waals surface area contributed by atoms with E-state index in [9.17, 15) is 8.78 Å². The van der Waals surface area contributed by atoms with Crippen LogP contribution in [0.25, 0.3) is 0 Å². The Balaban J connectivity index is 1.97. The van der Waals surface area contributed by atoms with Crippen molar-refractivity contribution in [2.24, 2.45) is 5.92 Å². The number of hydrogen-bond acceptors (Lipinski definition) is 1. The molecule has 1 N–H and O–H groups in total. The lowest BCUT2D eigenvalue weighted by Crippen LogP contribution is -2.15. The molecule has 0 aliphatic heterocycles. The molecule has 0 heterocycles. The molecule has 0 radical (unpaired) electrons. The van der Waals surface area contributed by atoms with Crippen LogP contribution in [-0.2, 0) is 0 Å². The molecular formula is C12H12BrCl2F2N. The Hall–Kier alpha value is -0.0600. The molecule has 1 unspecified atom stereocenters. The Kier molecular flexibility index (Phi) is 4.40. The van der Waals surface area contributed by atoms with Crippen molar-refractivity contribution in [2.75, 3.05) is 11.9 Å². The zero-order chi connectivity index (χ0) is 13.3. The molecule has 1 nitrogen and oxygen atoms in total. The van der Waals surface area contributed by atoms with Gasteiger partial charge in [0, 0.05) is 23.9 Å². The minimum Gasteiger partial charge on any atom is -0.384 e. The summed E-state index contributed by atoms with van der Waals surface area (Å²) in [5.74, 6) is -2.52. The van der Waals surface area contributed by atoms with Crippen molar-refractivity contribution in [1.82, 2.24) is 0 Å². The van der Waals surface area contributed by atoms with Gasteiger partial charge in [0.05, 0.1) is 15.7 Å². The average molecular weight is 359 g/mol. The summed E-state index contributed by atoms with van der Waals surface area (Å²) in [5, 5.41) is 3.93. The summed E-state index contributed by atoms with van der Waals surface area (Å²) in [6.45, 7) is 0.493. The van der Waals surface area contributed by atoms with Gasteiger partial charge in [-0.15, -0.1) is 0 Å². The fraction of sp³-hybridized carbons (Fsp3) is 0.500. The molecule has 1 atom stereocenters. The molecule has 1 aromatic carbocycles. The van der Waals surface area contributed by atoms with E-state index in [1.165, 1.54) is 0 Å². The third-order valence-corrected chi connectivity index (χ3v) is 4.89. The van der Waals surface area contributed by atoms with Gasteiger partial charge in [0.1, 0.15) is 0 Å². The molecule has 100 valence electrons. The van der Waals surface area contributed by atoms with E-state index in [4.69, 9.17) is 23.2 Å². The van der Waals surface area contributed by atoms with Crippen LogP contribution >= 0.6 is 39.1 Å². The molecule has 2 rings (SSSR count). The summed E-state index contributed by atoms with van der Waals surface area (Å²) >= 11 is 15.3. The SMILES string of the molecule is FC1(F)CCC(CNc2ccc(Br)c(Cl)c2Cl)C1. The highest BCUT2D eigenvalue weighted by atomic mass is 79.9. The van der Waals surface area contributed by atoms with Crippen molar-refractivity contribution in [2.45, 2.75) is 25.2 Å². The number of hydrogen-bond donors (Lipinski definition) is 1. The summed E-state index contributed by atoms with van der Waals surface area (Å²) < 4.78 is 26.8. The largest absolute Gasteiger partial charge is 0.384 e. The summed E-state index contributed by atoms with van der Waals surface area (Å²) in [7, 11) is 0. The van der Waals surface area contributed by atoms with E-state index in [0.29, 0.717) is 33.2 Å². The Morgan fingerprint density at radius 2 is 2.06 bits per heavy atom. The quantitative estimate of drug-likeness (QED) is 0.693. The van der Waals surface area contributed by atoms with E-state index in [2.05, 4.69) is 21.2 Å². The van der Waals surface area contributed by atoms with Crippen molar-refractivity contribution in [1.29, 1.82) is 0 Å². The summed E-state index contributed by atoms with van der Waals surface area (Å²) in [6, 6.07) is 3.56. The smallest absolute Gasteiger partial charge is 0.248 e. The van der Waals surface area contributed by atoms with Crippen LogP contribution in [0, 0.1) is 5.92 Å². The molecule has 6 heteroatoms. The second-order valence-electron chi connectivity index (χ2n) is 4.57. The fourth-order valence-electron chi connectivity index (χ4n) is 2.13. The predicted molar refractivity (Wildman–Crippen MR) is 74.9 cm³/mol. The maximum absolute atomic E-state index is 13.0. The van der Waals surface area contributed by atoms with Crippen LogP contribution in [0.5, 0.6) is 0 Å². The van der Waals surface area contributed by atoms with Crippen LogP contribution in [0.2, 0.25) is 10.0 Å². The number of nitrogens with one attached hydrogen (secondary N) is 1. The van der Waals surface area contributed by atoms with E-state index >= 15 is 0 Å². The Bertz CT molecular complexity index is 454. The van der Waals surface area contributed by atoms with Crippen LogP contribution in [0.3, 0.4) is 0 Å². The number of anilines is 1. The van der Waals surface area contributed by atoms with Crippen molar-refractivity contribution in [3.63, 3.8) is 0 Å². The molecule has 0 aromatic heterocycles. The molecule has 1 aliphatic rings. The Labute approximate surface area is 123 Å². The lowest BCUT2D eigenvalue weighted by Gasteiger charge is -2.14. The van der Waals surface area contributed by atoms with Crippen molar-refractivity contribution in [3.05, 3.63) is 26.7 Å². The highest BCUT2D eigenvalue weighted by molar-refractivity contribution is 9.10. The first-order valence-corrected chi connectivity index (χ1v) is 7.19. The molecule has 0 amide bonds. The molecular weight excluding hydrogens is 347 g/mol. The van der Waals surface area contributed by atoms with E-state index in [0.717, 1.165) is 0 Å². The second-order valence-corrected chi connectivity index (χ2v) is 6.18. The monoisotopic (exact) mass is 357 g/mol. The topological polar surface area (TPSA) is 12.0 Å². The van der Waals surface area contributed by atoms with Gasteiger partial charge in [-0.1, -0.05) is 23.2 Å². The van der Waals surface area contributed by atoms with Crippen LogP contribution < -0.4 is 5.32 Å². The van der Waals surface area contributed by atoms with Crippen LogP contribution in [0.1, 0.15) is 19.3 Å². The minimum atomic E-state index is -2.51. The fourth-order valence-corrected chi connectivity index (χ4v) is 2.97. The third-order valence-electron chi connectivity index (χ3n) is 3.12. The predicted octanol–water partition coefficient (Wildman–Crippen LogP) is 5.60. The number of halogens is 5. The lowest BCUT2D eigenvalue weighted by molar-refractivity contribution is 0.00556. The maximum atomic E-state index is 13.0. The van der Waals surface area contributed by atoms with E-state index in [1.54, 1.807) is 12.1 Å². The summed E-state index contributed by atoms with van der Waals surface area (Å²) in [5.41, 5.74) is 0.681. The first kappa shape index (κ1) is 14.4. The maximum Gasteiger partial charge on any atom is 0.248 e. The lowest BCUT2D eigenvalue weighted by atomic mass is 10.1.